The summed E-state index contributed by atoms with van der Waals surface area (Å²) in [5, 5.41) is 0. The normalized spacial score (nSPS) is 29.2. The first-order valence-corrected chi connectivity index (χ1v) is 9.75. The summed E-state index contributed by atoms with van der Waals surface area (Å²) >= 11 is 0. The Morgan fingerprint density at radius 1 is 1.24 bits per heavy atom. The lowest BCUT2D eigenvalue weighted by Gasteiger charge is -2.49. The quantitative estimate of drug-likeness (QED) is 0.839. The van der Waals surface area contributed by atoms with Crippen molar-refractivity contribution >= 4 is 5.91 Å². The fourth-order valence-electron chi connectivity index (χ4n) is 4.46. The van der Waals surface area contributed by atoms with Crippen molar-refractivity contribution < 1.29 is 4.79 Å². The van der Waals surface area contributed by atoms with Crippen LogP contribution < -0.4 is 0 Å². The minimum Gasteiger partial charge on any atom is -0.342 e. The summed E-state index contributed by atoms with van der Waals surface area (Å²) in [4.78, 5) is 24.1. The van der Waals surface area contributed by atoms with E-state index in [1.54, 1.807) is 0 Å². The molecule has 1 amide bonds. The molecule has 0 unspecified atom stereocenters. The van der Waals surface area contributed by atoms with Crippen LogP contribution >= 0.6 is 0 Å². The molecule has 4 rings (SSSR count). The molecular formula is C20H30N4O. The van der Waals surface area contributed by atoms with Gasteiger partial charge >= 0.3 is 0 Å². The average molecular weight is 342 g/mol. The molecule has 0 bridgehead atoms. The highest BCUT2D eigenvalue weighted by molar-refractivity contribution is 5.76. The minimum atomic E-state index is 0.147. The van der Waals surface area contributed by atoms with E-state index in [1.807, 2.05) is 18.5 Å². The fourth-order valence-corrected chi connectivity index (χ4v) is 4.46. The monoisotopic (exact) mass is 342 g/mol. The highest BCUT2D eigenvalue weighted by Crippen LogP contribution is 2.35. The van der Waals surface area contributed by atoms with E-state index in [1.165, 1.54) is 18.4 Å². The van der Waals surface area contributed by atoms with Gasteiger partial charge in [-0.3, -0.25) is 19.6 Å². The van der Waals surface area contributed by atoms with Crippen LogP contribution in [0.3, 0.4) is 0 Å². The minimum absolute atomic E-state index is 0.147. The molecule has 1 aromatic rings. The number of nitrogens with zero attached hydrogens (tertiary/aromatic N) is 4. The van der Waals surface area contributed by atoms with E-state index in [2.05, 4.69) is 32.8 Å². The van der Waals surface area contributed by atoms with E-state index in [4.69, 9.17) is 0 Å². The van der Waals surface area contributed by atoms with E-state index in [-0.39, 0.29) is 5.54 Å². The van der Waals surface area contributed by atoms with Gasteiger partial charge < -0.3 is 4.90 Å². The van der Waals surface area contributed by atoms with Crippen molar-refractivity contribution in [1.82, 2.24) is 19.7 Å². The third kappa shape index (κ3) is 3.87. The second-order valence-corrected chi connectivity index (χ2v) is 8.25. The molecule has 3 aliphatic rings. The number of hydrogen-bond donors (Lipinski definition) is 0. The number of hydrogen-bond acceptors (Lipinski definition) is 4. The number of carbonyl (C=O) groups is 1. The lowest BCUT2D eigenvalue weighted by atomic mass is 9.86. The second-order valence-electron chi connectivity index (χ2n) is 8.25. The molecule has 1 atom stereocenters. The Kier molecular flexibility index (Phi) is 4.78. The van der Waals surface area contributed by atoms with E-state index < -0.39 is 0 Å². The Labute approximate surface area is 151 Å². The topological polar surface area (TPSA) is 39.7 Å². The van der Waals surface area contributed by atoms with E-state index in [0.717, 1.165) is 58.0 Å². The molecule has 0 radical (unpaired) electrons. The maximum Gasteiger partial charge on any atom is 0.222 e. The summed E-state index contributed by atoms with van der Waals surface area (Å²) in [7, 11) is 2.25. The first-order chi connectivity index (χ1) is 12.1. The number of aromatic nitrogens is 1. The van der Waals surface area contributed by atoms with Crippen LogP contribution in [0.1, 0.15) is 37.7 Å². The van der Waals surface area contributed by atoms with Gasteiger partial charge in [-0.2, -0.15) is 0 Å². The van der Waals surface area contributed by atoms with Gasteiger partial charge in [0.1, 0.15) is 0 Å². The summed E-state index contributed by atoms with van der Waals surface area (Å²) in [5.74, 6) is 1.16. The smallest absolute Gasteiger partial charge is 0.222 e. The molecule has 5 heteroatoms. The van der Waals surface area contributed by atoms with Crippen molar-refractivity contribution in [2.24, 2.45) is 5.92 Å². The van der Waals surface area contributed by atoms with Gasteiger partial charge in [-0.25, -0.2) is 0 Å². The lowest BCUT2D eigenvalue weighted by molar-refractivity contribution is -0.131. The maximum atomic E-state index is 12.6. The molecule has 2 saturated heterocycles. The van der Waals surface area contributed by atoms with Gasteiger partial charge in [-0.1, -0.05) is 6.07 Å². The van der Waals surface area contributed by atoms with Gasteiger partial charge in [0.25, 0.3) is 0 Å². The number of carbonyl (C=O) groups excluding carboxylic acids is 1. The maximum absolute atomic E-state index is 12.6. The number of rotatable bonds is 4. The third-order valence-corrected chi connectivity index (χ3v) is 6.39. The van der Waals surface area contributed by atoms with Crippen molar-refractivity contribution in [2.45, 2.75) is 44.2 Å². The Bertz CT molecular complexity index is 603. The lowest BCUT2D eigenvalue weighted by Crippen LogP contribution is -2.60. The van der Waals surface area contributed by atoms with Crippen LogP contribution in [-0.4, -0.2) is 70.9 Å². The molecular weight excluding hydrogens is 312 g/mol. The van der Waals surface area contributed by atoms with Crippen LogP contribution in [0.15, 0.2) is 24.5 Å². The molecule has 1 spiro atoms. The molecule has 0 aromatic carbocycles. The zero-order chi connectivity index (χ0) is 17.3. The van der Waals surface area contributed by atoms with Gasteiger partial charge in [0.15, 0.2) is 0 Å². The van der Waals surface area contributed by atoms with Crippen molar-refractivity contribution in [1.29, 1.82) is 0 Å². The molecule has 1 aliphatic carbocycles. The van der Waals surface area contributed by atoms with Crippen LogP contribution in [0, 0.1) is 5.92 Å². The number of pyridine rings is 1. The van der Waals surface area contributed by atoms with Gasteiger partial charge in [-0.05, 0) is 50.3 Å². The summed E-state index contributed by atoms with van der Waals surface area (Å²) in [6, 6.07) is 4.17. The second kappa shape index (κ2) is 7.04. The Balaban J connectivity index is 1.43. The Hall–Kier alpha value is -1.46. The van der Waals surface area contributed by atoms with Crippen LogP contribution in [0.5, 0.6) is 0 Å². The number of likely N-dealkylation sites (N-methyl/N-ethyl adjacent to an activating group) is 1. The van der Waals surface area contributed by atoms with Crippen LogP contribution in [-0.2, 0) is 11.3 Å². The number of likely N-dealkylation sites (tertiary alicyclic amines) is 1. The third-order valence-electron chi connectivity index (χ3n) is 6.39. The Morgan fingerprint density at radius 2 is 2.12 bits per heavy atom. The molecule has 1 aromatic heterocycles. The zero-order valence-electron chi connectivity index (χ0n) is 15.4. The van der Waals surface area contributed by atoms with Gasteiger partial charge in [0, 0.05) is 63.6 Å². The number of piperazine rings is 1. The van der Waals surface area contributed by atoms with E-state index in [9.17, 15) is 4.79 Å². The molecule has 25 heavy (non-hydrogen) atoms. The van der Waals surface area contributed by atoms with Crippen molar-refractivity contribution in [3.63, 3.8) is 0 Å². The molecule has 5 nitrogen and oxygen atoms in total. The average Bonchev–Trinajstić information content (AvgIpc) is 3.45. The number of amides is 1. The predicted octanol–water partition coefficient (Wildman–Crippen LogP) is 1.99. The Morgan fingerprint density at radius 3 is 2.88 bits per heavy atom. The first-order valence-electron chi connectivity index (χ1n) is 9.75. The summed E-state index contributed by atoms with van der Waals surface area (Å²) < 4.78 is 0. The van der Waals surface area contributed by atoms with E-state index in [0.29, 0.717) is 12.3 Å². The largest absolute Gasteiger partial charge is 0.342 e. The van der Waals surface area contributed by atoms with Crippen LogP contribution in [0.4, 0.5) is 0 Å². The molecule has 0 N–H and O–H groups in total. The standard InChI is InChI=1S/C20H30N4O/c1-22-11-12-23(14-18-3-2-9-21-13-18)16-20(22)7-6-19(25)24(10-8-20)15-17-4-5-17/h2-3,9,13,17H,4-8,10-12,14-16H2,1H3/t20-/m1/s1. The van der Waals surface area contributed by atoms with Crippen LogP contribution in [0.2, 0.25) is 0 Å². The van der Waals surface area contributed by atoms with Crippen molar-refractivity contribution in [3.8, 4) is 0 Å². The molecule has 136 valence electrons. The predicted molar refractivity (Wildman–Crippen MR) is 98.0 cm³/mol. The summed E-state index contributed by atoms with van der Waals surface area (Å²) in [6.45, 7) is 6.12. The zero-order valence-corrected chi connectivity index (χ0v) is 15.4. The highest BCUT2D eigenvalue weighted by atomic mass is 16.2. The SMILES string of the molecule is CN1CCN(Cc2cccnc2)C[C@]12CCC(=O)N(CC1CC1)CC2. The fraction of sp³-hybridized carbons (Fsp3) is 0.700. The van der Waals surface area contributed by atoms with Gasteiger partial charge in [-0.15, -0.1) is 0 Å². The van der Waals surface area contributed by atoms with E-state index >= 15 is 0 Å². The highest BCUT2D eigenvalue weighted by Gasteiger charge is 2.42. The summed E-state index contributed by atoms with van der Waals surface area (Å²) in [6.07, 6.45) is 9.23. The molecule has 3 fully saturated rings. The molecule has 2 aliphatic heterocycles. The molecule has 1 saturated carbocycles. The van der Waals surface area contributed by atoms with Gasteiger partial charge in [0.05, 0.1) is 0 Å². The first kappa shape index (κ1) is 17.0. The van der Waals surface area contributed by atoms with Crippen molar-refractivity contribution in [2.75, 3.05) is 39.8 Å². The summed E-state index contributed by atoms with van der Waals surface area (Å²) in [5.41, 5.74) is 1.43. The molecule has 3 heterocycles. The van der Waals surface area contributed by atoms with Crippen molar-refractivity contribution in [3.05, 3.63) is 30.1 Å². The van der Waals surface area contributed by atoms with Gasteiger partial charge in [0.2, 0.25) is 5.91 Å². The van der Waals surface area contributed by atoms with Crippen LogP contribution in [0.25, 0.3) is 0 Å².